The molecule has 0 aliphatic carbocycles. The SMILES string of the molecule is CCCSc1nc(SCC(=O)OC)c2c3c(sc2n1)COC(C)(C)C3. The molecular formula is C17H22N2O3S3. The van der Waals surface area contributed by atoms with Crippen molar-refractivity contribution in [2.75, 3.05) is 18.6 Å². The van der Waals surface area contributed by atoms with Gasteiger partial charge in [0.25, 0.3) is 0 Å². The van der Waals surface area contributed by atoms with Gasteiger partial charge >= 0.3 is 5.97 Å². The number of carbonyl (C=O) groups excluding carboxylic acids is 1. The van der Waals surface area contributed by atoms with Crippen molar-refractivity contribution in [3.8, 4) is 0 Å². The van der Waals surface area contributed by atoms with Crippen LogP contribution in [0.4, 0.5) is 0 Å². The van der Waals surface area contributed by atoms with E-state index in [2.05, 4.69) is 20.8 Å². The van der Waals surface area contributed by atoms with E-state index >= 15 is 0 Å². The van der Waals surface area contributed by atoms with E-state index in [4.69, 9.17) is 19.4 Å². The number of nitrogens with zero attached hydrogens (tertiary/aromatic N) is 2. The number of aromatic nitrogens is 2. The minimum Gasteiger partial charge on any atom is -0.468 e. The van der Waals surface area contributed by atoms with E-state index in [0.717, 1.165) is 39.0 Å². The van der Waals surface area contributed by atoms with Crippen LogP contribution in [0, 0.1) is 0 Å². The molecule has 0 amide bonds. The molecule has 0 N–H and O–H groups in total. The van der Waals surface area contributed by atoms with Crippen molar-refractivity contribution in [1.82, 2.24) is 9.97 Å². The summed E-state index contributed by atoms with van der Waals surface area (Å²) in [5, 5.41) is 2.75. The number of carbonyl (C=O) groups is 1. The van der Waals surface area contributed by atoms with Crippen LogP contribution < -0.4 is 0 Å². The molecule has 0 saturated heterocycles. The molecule has 0 spiro atoms. The highest BCUT2D eigenvalue weighted by Gasteiger charge is 2.31. The van der Waals surface area contributed by atoms with Gasteiger partial charge in [-0.05, 0) is 25.8 Å². The summed E-state index contributed by atoms with van der Waals surface area (Å²) < 4.78 is 10.7. The summed E-state index contributed by atoms with van der Waals surface area (Å²) >= 11 is 4.78. The molecule has 5 nitrogen and oxygen atoms in total. The van der Waals surface area contributed by atoms with Crippen LogP contribution >= 0.6 is 34.9 Å². The number of thiophene rings is 1. The summed E-state index contributed by atoms with van der Waals surface area (Å²) in [5.74, 6) is 0.992. The van der Waals surface area contributed by atoms with Crippen LogP contribution in [-0.2, 0) is 27.3 Å². The molecule has 2 aromatic heterocycles. The van der Waals surface area contributed by atoms with Gasteiger partial charge in [0.1, 0.15) is 9.86 Å². The monoisotopic (exact) mass is 398 g/mol. The second-order valence-corrected chi connectivity index (χ2v) is 9.54. The van der Waals surface area contributed by atoms with Crippen LogP contribution in [0.5, 0.6) is 0 Å². The third-order valence-electron chi connectivity index (χ3n) is 3.87. The topological polar surface area (TPSA) is 61.3 Å². The number of hydrogen-bond donors (Lipinski definition) is 0. The molecule has 0 aromatic carbocycles. The van der Waals surface area contributed by atoms with Gasteiger partial charge in [0, 0.05) is 22.4 Å². The molecule has 8 heteroatoms. The van der Waals surface area contributed by atoms with Crippen molar-refractivity contribution >= 4 is 51.0 Å². The number of thioether (sulfide) groups is 2. The molecule has 0 fully saturated rings. The second kappa shape index (κ2) is 7.82. The Labute approximate surface area is 160 Å². The number of hydrogen-bond acceptors (Lipinski definition) is 8. The lowest BCUT2D eigenvalue weighted by Crippen LogP contribution is -2.31. The molecule has 2 aromatic rings. The molecule has 0 atom stereocenters. The standard InChI is InChI=1S/C17H22N2O3S3/c1-5-6-23-16-18-14(24-9-12(20)21-4)13-10-7-17(2,3)22-8-11(10)25-15(13)19-16/h5-9H2,1-4H3. The molecule has 0 saturated carbocycles. The van der Waals surface area contributed by atoms with Crippen LogP contribution in [0.25, 0.3) is 10.2 Å². The second-order valence-electron chi connectivity index (χ2n) is 6.43. The van der Waals surface area contributed by atoms with Gasteiger partial charge < -0.3 is 9.47 Å². The van der Waals surface area contributed by atoms with Crippen LogP contribution in [0.2, 0.25) is 0 Å². The summed E-state index contributed by atoms with van der Waals surface area (Å²) in [6, 6.07) is 0. The fourth-order valence-corrected chi connectivity index (χ4v) is 5.51. The fraction of sp³-hybridized carbons (Fsp3) is 0.588. The average Bonchev–Trinajstić information content (AvgIpc) is 2.94. The lowest BCUT2D eigenvalue weighted by Gasteiger charge is -2.30. The molecule has 3 heterocycles. The lowest BCUT2D eigenvalue weighted by molar-refractivity contribution is -0.137. The van der Waals surface area contributed by atoms with Crippen LogP contribution in [0.1, 0.15) is 37.6 Å². The van der Waals surface area contributed by atoms with E-state index in [0.29, 0.717) is 6.61 Å². The number of fused-ring (bicyclic) bond motifs is 3. The van der Waals surface area contributed by atoms with E-state index in [-0.39, 0.29) is 17.3 Å². The van der Waals surface area contributed by atoms with Crippen molar-refractivity contribution in [3.05, 3.63) is 10.4 Å². The van der Waals surface area contributed by atoms with E-state index in [1.54, 1.807) is 23.1 Å². The van der Waals surface area contributed by atoms with Crippen molar-refractivity contribution < 1.29 is 14.3 Å². The number of esters is 1. The van der Waals surface area contributed by atoms with Gasteiger partial charge in [0.05, 0.1) is 25.1 Å². The maximum atomic E-state index is 11.6. The quantitative estimate of drug-likeness (QED) is 0.311. The summed E-state index contributed by atoms with van der Waals surface area (Å²) in [6.45, 7) is 6.96. The molecule has 3 rings (SSSR count). The molecule has 1 aliphatic rings. The van der Waals surface area contributed by atoms with Gasteiger partial charge in [-0.1, -0.05) is 30.4 Å². The molecule has 0 bridgehead atoms. The Morgan fingerprint density at radius 1 is 1.36 bits per heavy atom. The maximum absolute atomic E-state index is 11.6. The highest BCUT2D eigenvalue weighted by molar-refractivity contribution is 8.00. The minimum absolute atomic E-state index is 0.194. The minimum atomic E-state index is -0.243. The first-order chi connectivity index (χ1) is 11.9. The molecular weight excluding hydrogens is 376 g/mol. The Morgan fingerprint density at radius 2 is 2.16 bits per heavy atom. The Balaban J connectivity index is 2.04. The van der Waals surface area contributed by atoms with Gasteiger partial charge in [-0.2, -0.15) is 0 Å². The average molecular weight is 399 g/mol. The fourth-order valence-electron chi connectivity index (χ4n) is 2.64. The maximum Gasteiger partial charge on any atom is 0.316 e. The molecule has 25 heavy (non-hydrogen) atoms. The molecule has 136 valence electrons. The Bertz CT molecular complexity index is 789. The number of ether oxygens (including phenoxy) is 2. The van der Waals surface area contributed by atoms with E-state index < -0.39 is 0 Å². The predicted octanol–water partition coefficient (Wildman–Crippen LogP) is 4.31. The van der Waals surface area contributed by atoms with Gasteiger partial charge in [0.2, 0.25) is 0 Å². The number of rotatable bonds is 6. The number of methoxy groups -OCH3 is 1. The normalized spacial score (nSPS) is 16.0. The molecule has 1 aliphatic heterocycles. The van der Waals surface area contributed by atoms with Crippen LogP contribution in [0.15, 0.2) is 10.2 Å². The summed E-state index contributed by atoms with van der Waals surface area (Å²) in [4.78, 5) is 23.3. The Morgan fingerprint density at radius 3 is 2.88 bits per heavy atom. The van der Waals surface area contributed by atoms with Crippen molar-refractivity contribution in [2.24, 2.45) is 0 Å². The zero-order valence-corrected chi connectivity index (χ0v) is 17.3. The first-order valence-electron chi connectivity index (χ1n) is 8.22. The lowest BCUT2D eigenvalue weighted by atomic mass is 9.95. The predicted molar refractivity (Wildman–Crippen MR) is 104 cm³/mol. The van der Waals surface area contributed by atoms with Crippen molar-refractivity contribution in [2.45, 2.75) is 56.0 Å². The third-order valence-corrected chi connectivity index (χ3v) is 6.97. The van der Waals surface area contributed by atoms with Gasteiger partial charge in [-0.15, -0.1) is 11.3 Å². The van der Waals surface area contributed by atoms with Crippen molar-refractivity contribution in [3.63, 3.8) is 0 Å². The van der Waals surface area contributed by atoms with Crippen molar-refractivity contribution in [1.29, 1.82) is 0 Å². The van der Waals surface area contributed by atoms with Gasteiger partial charge in [-0.3, -0.25) is 4.79 Å². The summed E-state index contributed by atoms with van der Waals surface area (Å²) in [5.41, 5.74) is 1.08. The van der Waals surface area contributed by atoms with E-state index in [9.17, 15) is 4.79 Å². The largest absolute Gasteiger partial charge is 0.468 e. The Hall–Kier alpha value is -0.830. The highest BCUT2D eigenvalue weighted by Crippen LogP contribution is 2.42. The zero-order chi connectivity index (χ0) is 18.0. The Kier molecular flexibility index (Phi) is 5.92. The van der Waals surface area contributed by atoms with Gasteiger partial charge in [-0.25, -0.2) is 9.97 Å². The first kappa shape index (κ1) is 18.9. The smallest absolute Gasteiger partial charge is 0.316 e. The zero-order valence-electron chi connectivity index (χ0n) is 14.9. The first-order valence-corrected chi connectivity index (χ1v) is 11.0. The van der Waals surface area contributed by atoms with E-state index in [1.807, 2.05) is 0 Å². The highest BCUT2D eigenvalue weighted by atomic mass is 32.2. The summed E-state index contributed by atoms with van der Waals surface area (Å²) in [6.07, 6.45) is 1.90. The molecule has 0 radical (unpaired) electrons. The van der Waals surface area contributed by atoms with Gasteiger partial charge in [0.15, 0.2) is 5.16 Å². The van der Waals surface area contributed by atoms with Crippen LogP contribution in [0.3, 0.4) is 0 Å². The van der Waals surface area contributed by atoms with Crippen LogP contribution in [-0.4, -0.2) is 40.2 Å². The third kappa shape index (κ3) is 4.30. The summed E-state index contributed by atoms with van der Waals surface area (Å²) in [7, 11) is 1.41. The molecule has 0 unspecified atom stereocenters. The van der Waals surface area contributed by atoms with E-state index in [1.165, 1.54) is 29.3 Å².